The topological polar surface area (TPSA) is 52.0 Å². The second kappa shape index (κ2) is 0.180. The molecule has 0 amide bonds. The summed E-state index contributed by atoms with van der Waals surface area (Å²) in [6.07, 6.45) is 0. The highest BCUT2D eigenvalue weighted by atomic mass is 17.8. The van der Waals surface area contributed by atoms with Crippen LogP contribution in [0.15, 0.2) is 14.0 Å². The molecule has 0 aliphatic carbocycles. The Labute approximate surface area is 20.6 Å². The van der Waals surface area contributed by atoms with Crippen molar-refractivity contribution in [2.75, 3.05) is 0 Å². The number of hydrogen-bond acceptors (Lipinski definition) is 3. The molecule has 1 rings (SSSR count). The summed E-state index contributed by atoms with van der Waals surface area (Å²) in [5, 5.41) is 8.94. The molecule has 24 valence electrons. The van der Waals surface area contributed by atoms with E-state index < -0.39 is 0 Å². The minimum Gasteiger partial charge on any atom is -0.111 e. The van der Waals surface area contributed by atoms with Crippen LogP contribution in [0, 0.1) is 0 Å². The minimum atomic E-state index is 0.583. The average molecular weight is 64.0 g/mol. The maximum absolute atomic E-state index is 8.94. The Kier molecular flexibility index (Phi) is 0.0679. The summed E-state index contributed by atoms with van der Waals surface area (Å²) in [4.78, 5) is 0. The van der Waals surface area contributed by atoms with Crippen molar-refractivity contribution < 1.29 is 19.2 Å². The second-order valence-corrected chi connectivity index (χ2v) is 0.340. The minimum absolute atomic E-state index is 0.583. The van der Waals surface area contributed by atoms with E-state index in [0.29, 0.717) is 4.52 Å². The molecule has 0 aliphatic rings. The lowest BCUT2D eigenvalue weighted by atomic mass is 14.6. The van der Waals surface area contributed by atoms with E-state index in [-0.39, 0.29) is 0 Å². The van der Waals surface area contributed by atoms with Crippen LogP contribution in [0.2, 0.25) is 0 Å². The maximum Gasteiger partial charge on any atom is 0.302 e. The number of hydrogen-bond donors (Lipinski definition) is 0. The lowest BCUT2D eigenvalue weighted by Crippen LogP contribution is -1.84. The summed E-state index contributed by atoms with van der Waals surface area (Å²) >= 11 is 0. The first-order chi connectivity index (χ1) is 1.89. The van der Waals surface area contributed by atoms with E-state index in [0.717, 1.165) is 0 Å². The molecule has 0 atom stereocenters. The Bertz CT molecular complexity index is 58.6. The molecule has 0 radical (unpaired) electrons. The zero-order valence-corrected chi connectivity index (χ0v) is 1.63. The van der Waals surface area contributed by atoms with Crippen molar-refractivity contribution >= 4 is 0 Å². The van der Waals surface area contributed by atoms with Crippen molar-refractivity contribution in [3.05, 3.63) is 0 Å². The first-order valence-electron chi connectivity index (χ1n) is 0.667. The summed E-state index contributed by atoms with van der Waals surface area (Å²) in [6.45, 7) is 0. The normalized spacial score (nSPS) is 9.00. The highest BCUT2D eigenvalue weighted by Gasteiger charge is 2.06. The van der Waals surface area contributed by atoms with E-state index in [9.17, 15) is 0 Å². The Morgan fingerprint density at radius 1 is 1.50 bits per heavy atom. The van der Waals surface area contributed by atoms with E-state index in [4.69, 9.17) is 5.26 Å². The van der Waals surface area contributed by atoms with Crippen LogP contribution in [-0.4, -0.2) is 0 Å². The van der Waals surface area contributed by atoms with Gasteiger partial charge in [-0.2, -0.15) is 0 Å². The third-order valence-corrected chi connectivity index (χ3v) is 0.124. The van der Waals surface area contributed by atoms with Gasteiger partial charge in [0.2, 0.25) is 0 Å². The van der Waals surface area contributed by atoms with Crippen LogP contribution in [0.1, 0.15) is 0 Å². The Hall–Kier alpha value is -0.800. The van der Waals surface area contributed by atoms with Gasteiger partial charge in [-0.25, -0.2) is 0 Å². The van der Waals surface area contributed by atoms with Crippen molar-refractivity contribution in [3.63, 3.8) is 0 Å². The molecule has 1 heterocycles. The van der Waals surface area contributed by atoms with E-state index in [1.54, 1.807) is 0 Å². The molecule has 1 aromatic rings. The predicted molar refractivity (Wildman–Crippen MR) is 3.24 cm³/mol. The molecule has 0 saturated heterocycles. The fourth-order valence-corrected chi connectivity index (χ4v) is 0.0113. The highest BCUT2D eigenvalue weighted by molar-refractivity contribution is 2.84. The molecule has 0 fully saturated rings. The monoisotopic (exact) mass is 64.0 g/mol. The third kappa shape index (κ3) is 0.00992. The van der Waals surface area contributed by atoms with Gasteiger partial charge in [-0.15, -0.1) is 5.26 Å². The van der Waals surface area contributed by atoms with Gasteiger partial charge in [0.25, 0.3) is 0 Å². The fraction of sp³-hybridized carbons (Fsp3) is 0. The van der Waals surface area contributed by atoms with Crippen molar-refractivity contribution in [1.29, 1.82) is 0 Å². The second-order valence-electron chi connectivity index (χ2n) is 0.340. The smallest absolute Gasteiger partial charge is 0.111 e. The molecular weight excluding hydrogens is 64.0 g/mol. The summed E-state index contributed by atoms with van der Waals surface area (Å²) in [7, 11) is 0. The van der Waals surface area contributed by atoms with Crippen molar-refractivity contribution in [3.8, 4) is 0 Å². The number of rotatable bonds is 0. The van der Waals surface area contributed by atoms with Crippen molar-refractivity contribution in [1.82, 2.24) is 0 Å². The lowest BCUT2D eigenvalue weighted by Gasteiger charge is -1.26. The summed E-state index contributed by atoms with van der Waals surface area (Å²) < 4.78 is 7.39. The van der Waals surface area contributed by atoms with Crippen LogP contribution in [-0.2, 0) is 0 Å². The Morgan fingerprint density at radius 2 is 1.75 bits per heavy atom. The van der Waals surface area contributed by atoms with Gasteiger partial charge in [-0.1, -0.05) is 0 Å². The fourth-order valence-electron chi connectivity index (χ4n) is 0.0113. The molecule has 0 unspecified atom stereocenters. The molecule has 0 saturated carbocycles. The third-order valence-electron chi connectivity index (χ3n) is 0.124. The van der Waals surface area contributed by atoms with Crippen molar-refractivity contribution in [2.45, 2.75) is 0 Å². The average Bonchev–Trinajstić information content (AvgIpc) is 1.75. The molecule has 4 nitrogen and oxygen atoms in total. The predicted octanol–water partition coefficient (Wildman–Crippen LogP) is -0.723. The van der Waals surface area contributed by atoms with Gasteiger partial charge in [-0.05, 0) is 0 Å². The van der Waals surface area contributed by atoms with Crippen LogP contribution >= 0.6 is 0 Å². The maximum atomic E-state index is 8.94. The van der Waals surface area contributed by atoms with Gasteiger partial charge < -0.3 is 0 Å². The molecule has 0 spiro atoms. The SMILES string of the molecule is [O-][o+]1oo1. The van der Waals surface area contributed by atoms with E-state index in [2.05, 4.69) is 9.47 Å². The van der Waals surface area contributed by atoms with Gasteiger partial charge in [0.05, 0.1) is 0 Å². The van der Waals surface area contributed by atoms with Crippen molar-refractivity contribution in [2.24, 2.45) is 0 Å². The molecule has 0 aliphatic heterocycles. The molecule has 0 aromatic carbocycles. The molecule has 1 aromatic heterocycles. The summed E-state index contributed by atoms with van der Waals surface area (Å²) in [5.41, 5.74) is 0. The summed E-state index contributed by atoms with van der Waals surface area (Å²) in [6, 6.07) is 0. The Balaban J connectivity index is 2.81. The van der Waals surface area contributed by atoms with E-state index >= 15 is 0 Å². The van der Waals surface area contributed by atoms with Crippen LogP contribution in [0.5, 0.6) is 0 Å². The lowest BCUT2D eigenvalue weighted by molar-refractivity contribution is -0.752. The van der Waals surface area contributed by atoms with Crippen LogP contribution < -0.4 is 5.26 Å². The zero-order chi connectivity index (χ0) is 2.99. The van der Waals surface area contributed by atoms with E-state index in [1.165, 1.54) is 0 Å². The quantitative estimate of drug-likeness (QED) is 0.295. The molecule has 4 heavy (non-hydrogen) atoms. The molecule has 0 N–H and O–H groups in total. The zero-order valence-electron chi connectivity index (χ0n) is 1.63. The van der Waals surface area contributed by atoms with Gasteiger partial charge >= 0.3 is 9.47 Å². The Morgan fingerprint density at radius 3 is 1.75 bits per heavy atom. The van der Waals surface area contributed by atoms with Gasteiger partial charge in [-0.3, -0.25) is 0 Å². The highest BCUT2D eigenvalue weighted by Crippen LogP contribution is 1.91. The summed E-state index contributed by atoms with van der Waals surface area (Å²) in [5.74, 6) is 0. The first kappa shape index (κ1) is 1.51. The van der Waals surface area contributed by atoms with Gasteiger partial charge in [0.15, 0.2) is 4.52 Å². The van der Waals surface area contributed by atoms with Gasteiger partial charge in [0.1, 0.15) is 0 Å². The molecule has 4 heteroatoms. The first-order valence-corrected chi connectivity index (χ1v) is 0.667. The largest absolute Gasteiger partial charge is 0.302 e. The van der Waals surface area contributed by atoms with Crippen LogP contribution in [0.3, 0.4) is 0 Å². The van der Waals surface area contributed by atoms with Crippen LogP contribution in [0.4, 0.5) is 0 Å². The molecule has 0 bridgehead atoms. The van der Waals surface area contributed by atoms with Gasteiger partial charge in [0, 0.05) is 0 Å². The van der Waals surface area contributed by atoms with Crippen LogP contribution in [0.25, 0.3) is 0 Å². The standard InChI is InChI=1S/O4/c1-4-2-3-4. The van der Waals surface area contributed by atoms with E-state index in [1.807, 2.05) is 0 Å². The molecular formula is O4.